The number of nitrogens with zero attached hydrogens (tertiary/aromatic N) is 1. The summed E-state index contributed by atoms with van der Waals surface area (Å²) in [7, 11) is -4.12. The second-order valence-electron chi connectivity index (χ2n) is 6.63. The third-order valence-corrected chi connectivity index (χ3v) is 6.96. The van der Waals surface area contributed by atoms with Gasteiger partial charge in [-0.3, -0.25) is 4.72 Å². The summed E-state index contributed by atoms with van der Waals surface area (Å²) in [6.07, 6.45) is 2.74. The van der Waals surface area contributed by atoms with Gasteiger partial charge < -0.3 is 21.1 Å². The van der Waals surface area contributed by atoms with Gasteiger partial charge in [0.1, 0.15) is 10.7 Å². The average Bonchev–Trinajstić information content (AvgIpc) is 3.31. The predicted molar refractivity (Wildman–Crippen MR) is 113 cm³/mol. The number of nitrogens with one attached hydrogen (secondary N) is 4. The lowest BCUT2D eigenvalue weighted by atomic mass is 10.2. The number of thiazole rings is 1. The van der Waals surface area contributed by atoms with Gasteiger partial charge in [0.15, 0.2) is 5.13 Å². The molecular weight excluding hydrogens is 441 g/mol. The van der Waals surface area contributed by atoms with Gasteiger partial charge in [0.25, 0.3) is 10.0 Å². The highest BCUT2D eigenvalue weighted by Crippen LogP contribution is 2.29. The van der Waals surface area contributed by atoms with E-state index in [-0.39, 0.29) is 22.3 Å². The minimum absolute atomic E-state index is 0.0685. The van der Waals surface area contributed by atoms with Crippen LogP contribution in [0.2, 0.25) is 5.02 Å². The number of hydrogen-bond donors (Lipinski definition) is 5. The van der Waals surface area contributed by atoms with Crippen LogP contribution < -0.4 is 20.7 Å². The minimum atomic E-state index is -4.12. The molecule has 5 N–H and O–H groups in total. The van der Waals surface area contributed by atoms with Crippen molar-refractivity contribution in [2.75, 3.05) is 36.2 Å². The van der Waals surface area contributed by atoms with Gasteiger partial charge in [-0.1, -0.05) is 11.6 Å². The molecule has 2 aromatic rings. The molecule has 1 fully saturated rings. The number of benzene rings is 1. The molecule has 0 radical (unpaired) electrons. The van der Waals surface area contributed by atoms with Crippen LogP contribution in [0.1, 0.15) is 12.8 Å². The highest BCUT2D eigenvalue weighted by molar-refractivity contribution is 7.93. The van der Waals surface area contributed by atoms with E-state index in [1.807, 2.05) is 0 Å². The van der Waals surface area contributed by atoms with E-state index < -0.39 is 20.7 Å². The number of hydrogen-bond acceptors (Lipinski definition) is 8. The molecule has 1 aromatic carbocycles. The Morgan fingerprint density at radius 2 is 2.10 bits per heavy atom. The second kappa shape index (κ2) is 10.0. The van der Waals surface area contributed by atoms with E-state index in [4.69, 9.17) is 11.6 Å². The third kappa shape index (κ3) is 6.00. The summed E-state index contributed by atoms with van der Waals surface area (Å²) in [5.41, 5.74) is 0.334. The number of rotatable bonds is 10. The lowest BCUT2D eigenvalue weighted by Crippen LogP contribution is -2.39. The summed E-state index contributed by atoms with van der Waals surface area (Å²) in [4.78, 5) is 3.30. The van der Waals surface area contributed by atoms with E-state index in [0.717, 1.165) is 49.4 Å². The van der Waals surface area contributed by atoms with Crippen LogP contribution in [-0.4, -0.2) is 56.8 Å². The fourth-order valence-electron chi connectivity index (χ4n) is 2.95. The molecule has 2 heterocycles. The number of anilines is 2. The van der Waals surface area contributed by atoms with Crippen LogP contribution in [0.5, 0.6) is 0 Å². The molecule has 0 saturated carbocycles. The molecule has 1 aromatic heterocycles. The van der Waals surface area contributed by atoms with Crippen LogP contribution in [0.15, 0.2) is 28.6 Å². The van der Waals surface area contributed by atoms with Gasteiger partial charge in [0.2, 0.25) is 0 Å². The summed E-state index contributed by atoms with van der Waals surface area (Å²) in [6, 6.07) is 2.24. The maximum absolute atomic E-state index is 14.4. The van der Waals surface area contributed by atoms with Crippen molar-refractivity contribution in [3.8, 4) is 0 Å². The number of aliphatic hydroxyl groups excluding tert-OH is 1. The molecular formula is C17H23ClFN5O3S2. The number of halogens is 2. The number of aliphatic hydroxyl groups is 1. The van der Waals surface area contributed by atoms with E-state index in [0.29, 0.717) is 18.8 Å². The number of sulfonamides is 1. The molecule has 0 aliphatic carbocycles. The van der Waals surface area contributed by atoms with Crippen molar-refractivity contribution in [3.05, 3.63) is 34.5 Å². The Hall–Kier alpha value is -1.50. The summed E-state index contributed by atoms with van der Waals surface area (Å²) in [6.45, 7) is 2.66. The van der Waals surface area contributed by atoms with Crippen LogP contribution in [0, 0.1) is 5.82 Å². The molecule has 2 atom stereocenters. The van der Waals surface area contributed by atoms with Crippen molar-refractivity contribution in [1.82, 2.24) is 15.6 Å². The largest absolute Gasteiger partial charge is 0.390 e. The van der Waals surface area contributed by atoms with Crippen LogP contribution >= 0.6 is 22.9 Å². The molecule has 160 valence electrons. The smallest absolute Gasteiger partial charge is 0.266 e. The molecule has 1 saturated heterocycles. The van der Waals surface area contributed by atoms with Crippen LogP contribution in [0.25, 0.3) is 0 Å². The van der Waals surface area contributed by atoms with Gasteiger partial charge in [0, 0.05) is 37.3 Å². The van der Waals surface area contributed by atoms with Crippen molar-refractivity contribution in [1.29, 1.82) is 0 Å². The van der Waals surface area contributed by atoms with Crippen molar-refractivity contribution in [3.63, 3.8) is 0 Å². The fraction of sp³-hybridized carbons (Fsp3) is 0.471. The standard InChI is InChI=1S/C17H23ClFN5O3S2/c18-11-7-16(29(26,27)24-17-23-5-6-28-17)12(19)8-13(11)21-3-1-2-4-22-14-9-20-10-15(14)25/h5-8,14-15,20-22,25H,1-4,9-10H2,(H,23,24)/t14-,15-/m1/s1. The monoisotopic (exact) mass is 463 g/mol. The average molecular weight is 464 g/mol. The van der Waals surface area contributed by atoms with Crippen LogP contribution in [0.3, 0.4) is 0 Å². The molecule has 0 bridgehead atoms. The fourth-order valence-corrected chi connectivity index (χ4v) is 5.12. The molecule has 0 spiro atoms. The van der Waals surface area contributed by atoms with Gasteiger partial charge in [-0.05, 0) is 31.5 Å². The van der Waals surface area contributed by atoms with Gasteiger partial charge >= 0.3 is 0 Å². The van der Waals surface area contributed by atoms with Gasteiger partial charge in [-0.2, -0.15) is 0 Å². The first-order chi connectivity index (χ1) is 13.9. The van der Waals surface area contributed by atoms with Crippen molar-refractivity contribution in [2.24, 2.45) is 0 Å². The minimum Gasteiger partial charge on any atom is -0.390 e. The quantitative estimate of drug-likeness (QED) is 0.341. The SMILES string of the molecule is O=S(=O)(Nc1nccs1)c1cc(Cl)c(NCCCCN[C@@H]2CNC[C@H]2O)cc1F. The van der Waals surface area contributed by atoms with Gasteiger partial charge in [0.05, 0.1) is 16.8 Å². The maximum atomic E-state index is 14.4. The second-order valence-corrected chi connectivity index (χ2v) is 9.58. The first-order valence-electron chi connectivity index (χ1n) is 9.14. The Bertz CT molecular complexity index is 914. The number of β-amino-alcohol motifs (C(OH)–C–C–N with tert-alkyl or cyclic N) is 1. The molecule has 0 unspecified atom stereocenters. The van der Waals surface area contributed by atoms with Crippen LogP contribution in [-0.2, 0) is 10.0 Å². The Kier molecular flexibility index (Phi) is 7.66. The summed E-state index contributed by atoms with van der Waals surface area (Å²) >= 11 is 7.24. The molecule has 3 rings (SSSR count). The Morgan fingerprint density at radius 1 is 1.31 bits per heavy atom. The van der Waals surface area contributed by atoms with Gasteiger partial charge in [-0.25, -0.2) is 17.8 Å². The summed E-state index contributed by atoms with van der Waals surface area (Å²) < 4.78 is 41.4. The maximum Gasteiger partial charge on any atom is 0.266 e. The molecule has 29 heavy (non-hydrogen) atoms. The highest BCUT2D eigenvalue weighted by Gasteiger charge is 2.24. The highest BCUT2D eigenvalue weighted by atomic mass is 35.5. The zero-order valence-electron chi connectivity index (χ0n) is 15.5. The van der Waals surface area contributed by atoms with E-state index in [1.54, 1.807) is 5.38 Å². The van der Waals surface area contributed by atoms with Gasteiger partial charge in [-0.15, -0.1) is 11.3 Å². The topological polar surface area (TPSA) is 115 Å². The molecule has 12 heteroatoms. The third-order valence-electron chi connectivity index (χ3n) is 4.47. The first-order valence-corrected chi connectivity index (χ1v) is 11.9. The number of unbranched alkanes of at least 4 members (excludes halogenated alkanes) is 1. The zero-order chi connectivity index (χ0) is 20.9. The predicted octanol–water partition coefficient (Wildman–Crippen LogP) is 1.85. The number of aromatic nitrogens is 1. The van der Waals surface area contributed by atoms with Crippen molar-refractivity contribution < 1.29 is 17.9 Å². The zero-order valence-corrected chi connectivity index (χ0v) is 17.9. The Morgan fingerprint density at radius 3 is 2.79 bits per heavy atom. The lowest BCUT2D eigenvalue weighted by molar-refractivity contribution is 0.163. The van der Waals surface area contributed by atoms with E-state index in [1.165, 1.54) is 6.20 Å². The van der Waals surface area contributed by atoms with Crippen LogP contribution in [0.4, 0.5) is 15.2 Å². The molecule has 1 aliphatic heterocycles. The Balaban J connectivity index is 1.50. The first kappa shape index (κ1) is 22.2. The van der Waals surface area contributed by atoms with E-state index >= 15 is 0 Å². The van der Waals surface area contributed by atoms with E-state index in [2.05, 4.69) is 25.7 Å². The van der Waals surface area contributed by atoms with Crippen molar-refractivity contribution in [2.45, 2.75) is 29.9 Å². The lowest BCUT2D eigenvalue weighted by Gasteiger charge is -2.15. The normalized spacial score (nSPS) is 19.4. The molecule has 0 amide bonds. The summed E-state index contributed by atoms with van der Waals surface area (Å²) in [5, 5.41) is 21.0. The molecule has 8 nitrogen and oxygen atoms in total. The molecule has 1 aliphatic rings. The van der Waals surface area contributed by atoms with E-state index in [9.17, 15) is 17.9 Å². The van der Waals surface area contributed by atoms with Crippen molar-refractivity contribution >= 4 is 43.8 Å². The summed E-state index contributed by atoms with van der Waals surface area (Å²) in [5.74, 6) is -0.898. The Labute approximate surface area is 177 Å².